The summed E-state index contributed by atoms with van der Waals surface area (Å²) in [6.07, 6.45) is 3.34. The molecule has 0 atom stereocenters. The Kier molecular flexibility index (Phi) is 6.38. The largest absolute Gasteiger partial charge is 0.443 e. The molecule has 128 valence electrons. The van der Waals surface area contributed by atoms with Crippen LogP contribution in [0.2, 0.25) is 0 Å². The molecule has 0 radical (unpaired) electrons. The minimum Gasteiger partial charge on any atom is -0.443 e. The molecule has 5 nitrogen and oxygen atoms in total. The fourth-order valence-corrected chi connectivity index (χ4v) is 3.01. The van der Waals surface area contributed by atoms with Crippen LogP contribution in [0.5, 0.6) is 0 Å². The van der Waals surface area contributed by atoms with Crippen molar-refractivity contribution in [3.05, 3.63) is 42.0 Å². The Labute approximate surface area is 139 Å². The molecule has 1 aromatic rings. The number of aryl methyl sites for hydroxylation is 1. The van der Waals surface area contributed by atoms with Gasteiger partial charge in [-0.15, -0.1) is 0 Å². The van der Waals surface area contributed by atoms with Gasteiger partial charge < -0.3 is 4.74 Å². The van der Waals surface area contributed by atoms with Crippen molar-refractivity contribution in [1.29, 1.82) is 0 Å². The maximum atomic E-state index is 12.8. The third-order valence-electron chi connectivity index (χ3n) is 2.88. The number of ether oxygens (including phenoxy) is 1. The minimum absolute atomic E-state index is 0.0566. The van der Waals surface area contributed by atoms with Gasteiger partial charge in [0.05, 0.1) is 11.4 Å². The fraction of sp³-hybridized carbons (Fsp3) is 0.471. The average Bonchev–Trinajstić information content (AvgIpc) is 2.41. The molecule has 0 aliphatic heterocycles. The second kappa shape index (κ2) is 7.64. The summed E-state index contributed by atoms with van der Waals surface area (Å²) in [5.41, 5.74) is 0.172. The van der Waals surface area contributed by atoms with E-state index in [1.54, 1.807) is 39.0 Å². The van der Waals surface area contributed by atoms with Gasteiger partial charge in [0.25, 0.3) is 10.0 Å². The molecular weight excluding hydrogens is 314 g/mol. The molecule has 0 bridgehead atoms. The van der Waals surface area contributed by atoms with Gasteiger partial charge in [0.15, 0.2) is 0 Å². The monoisotopic (exact) mass is 339 g/mol. The molecule has 0 aliphatic rings. The second-order valence-electron chi connectivity index (χ2n) is 6.21. The lowest BCUT2D eigenvalue weighted by Gasteiger charge is -2.26. The van der Waals surface area contributed by atoms with Crippen LogP contribution in [0.25, 0.3) is 0 Å². The summed E-state index contributed by atoms with van der Waals surface area (Å²) < 4.78 is 31.5. The summed E-state index contributed by atoms with van der Waals surface area (Å²) >= 11 is 0. The number of carbonyl (C=O) groups is 1. The number of allylic oxidation sites excluding steroid dienone is 1. The van der Waals surface area contributed by atoms with Gasteiger partial charge >= 0.3 is 6.09 Å². The number of hydrogen-bond donors (Lipinski definition) is 0. The summed E-state index contributed by atoms with van der Waals surface area (Å²) in [5, 5.41) is 0. The minimum atomic E-state index is -3.96. The lowest BCUT2D eigenvalue weighted by molar-refractivity contribution is 0.0404. The summed E-state index contributed by atoms with van der Waals surface area (Å²) in [6, 6.07) is 6.38. The number of carbonyl (C=O) groups excluding carboxylic acids is 1. The molecule has 0 aliphatic carbocycles. The predicted octanol–water partition coefficient (Wildman–Crippen LogP) is 3.89. The van der Waals surface area contributed by atoms with E-state index in [9.17, 15) is 13.2 Å². The van der Waals surface area contributed by atoms with Gasteiger partial charge in [-0.25, -0.2) is 13.2 Å². The van der Waals surface area contributed by atoms with Crippen LogP contribution in [0.4, 0.5) is 4.79 Å². The van der Waals surface area contributed by atoms with E-state index in [4.69, 9.17) is 4.74 Å². The van der Waals surface area contributed by atoms with Gasteiger partial charge in [-0.2, -0.15) is 4.31 Å². The highest BCUT2D eigenvalue weighted by atomic mass is 32.2. The Morgan fingerprint density at radius 1 is 1.17 bits per heavy atom. The van der Waals surface area contributed by atoms with Gasteiger partial charge in [0, 0.05) is 0 Å². The van der Waals surface area contributed by atoms with Crippen LogP contribution in [0.15, 0.2) is 41.3 Å². The Bertz CT molecular complexity index is 655. The van der Waals surface area contributed by atoms with Crippen molar-refractivity contribution in [2.75, 3.05) is 6.54 Å². The van der Waals surface area contributed by atoms with E-state index in [2.05, 4.69) is 0 Å². The van der Waals surface area contributed by atoms with Crippen LogP contribution in [0.3, 0.4) is 0 Å². The van der Waals surface area contributed by atoms with Crippen molar-refractivity contribution in [1.82, 2.24) is 4.31 Å². The van der Waals surface area contributed by atoms with Crippen LogP contribution in [-0.2, 0) is 14.8 Å². The summed E-state index contributed by atoms with van der Waals surface area (Å²) in [4.78, 5) is 12.4. The maximum absolute atomic E-state index is 12.8. The molecule has 1 rings (SSSR count). The topological polar surface area (TPSA) is 63.7 Å². The van der Waals surface area contributed by atoms with E-state index >= 15 is 0 Å². The highest BCUT2D eigenvalue weighted by molar-refractivity contribution is 7.89. The van der Waals surface area contributed by atoms with Crippen LogP contribution in [-0.4, -0.2) is 31.0 Å². The first-order chi connectivity index (χ1) is 10.6. The first-order valence-electron chi connectivity index (χ1n) is 7.55. The van der Waals surface area contributed by atoms with Crippen LogP contribution < -0.4 is 0 Å². The van der Waals surface area contributed by atoms with Gasteiger partial charge in [-0.3, -0.25) is 0 Å². The van der Waals surface area contributed by atoms with Crippen molar-refractivity contribution in [3.63, 3.8) is 0 Å². The molecule has 0 heterocycles. The lowest BCUT2D eigenvalue weighted by Crippen LogP contribution is -2.40. The smallest absolute Gasteiger partial charge is 0.424 e. The van der Waals surface area contributed by atoms with Crippen LogP contribution >= 0.6 is 0 Å². The quantitative estimate of drug-likeness (QED) is 0.764. The highest BCUT2D eigenvalue weighted by Crippen LogP contribution is 2.19. The Morgan fingerprint density at radius 2 is 1.74 bits per heavy atom. The maximum Gasteiger partial charge on any atom is 0.424 e. The van der Waals surface area contributed by atoms with E-state index < -0.39 is 21.7 Å². The predicted molar refractivity (Wildman–Crippen MR) is 90.7 cm³/mol. The van der Waals surface area contributed by atoms with E-state index in [0.717, 1.165) is 16.3 Å². The summed E-state index contributed by atoms with van der Waals surface area (Å²) in [5.74, 6) is 0. The molecule has 0 saturated heterocycles. The van der Waals surface area contributed by atoms with E-state index in [0.29, 0.717) is 0 Å². The standard InChI is InChI=1S/C17H25NO4S/c1-6-7-8-13-18(16(19)22-17(3,4)5)23(20,21)15-11-9-14(2)10-12-15/h7-12H,6,13H2,1-5H3/b8-7+. The number of rotatable bonds is 5. The lowest BCUT2D eigenvalue weighted by atomic mass is 10.2. The molecule has 1 aromatic carbocycles. The number of amides is 1. The third-order valence-corrected chi connectivity index (χ3v) is 4.63. The van der Waals surface area contributed by atoms with Gasteiger partial charge in [-0.05, 0) is 46.2 Å². The molecule has 6 heteroatoms. The summed E-state index contributed by atoms with van der Waals surface area (Å²) in [6.45, 7) is 8.84. The van der Waals surface area contributed by atoms with Crippen molar-refractivity contribution in [2.24, 2.45) is 0 Å². The fourth-order valence-electron chi connectivity index (χ4n) is 1.76. The Balaban J connectivity index is 3.18. The molecule has 1 amide bonds. The van der Waals surface area contributed by atoms with Crippen molar-refractivity contribution >= 4 is 16.1 Å². The molecule has 0 fully saturated rings. The number of benzene rings is 1. The number of nitrogens with zero attached hydrogens (tertiary/aromatic N) is 1. The SMILES string of the molecule is CC/C=C/CN(C(=O)OC(C)(C)C)S(=O)(=O)c1ccc(C)cc1. The first kappa shape index (κ1) is 19.2. The zero-order valence-corrected chi connectivity index (χ0v) is 15.2. The van der Waals surface area contributed by atoms with Crippen molar-refractivity contribution < 1.29 is 17.9 Å². The Hall–Kier alpha value is -1.82. The van der Waals surface area contributed by atoms with Crippen molar-refractivity contribution in [2.45, 2.75) is 51.5 Å². The van der Waals surface area contributed by atoms with Gasteiger partial charge in [0.2, 0.25) is 0 Å². The Morgan fingerprint density at radius 3 is 2.22 bits per heavy atom. The zero-order chi connectivity index (χ0) is 17.7. The molecule has 0 unspecified atom stereocenters. The number of hydrogen-bond acceptors (Lipinski definition) is 4. The van der Waals surface area contributed by atoms with E-state index in [1.165, 1.54) is 12.1 Å². The van der Waals surface area contributed by atoms with Crippen LogP contribution in [0, 0.1) is 6.92 Å². The van der Waals surface area contributed by atoms with Gasteiger partial charge in [0.1, 0.15) is 5.60 Å². The van der Waals surface area contributed by atoms with E-state index in [-0.39, 0.29) is 11.4 Å². The van der Waals surface area contributed by atoms with Gasteiger partial charge in [-0.1, -0.05) is 36.8 Å². The molecule has 0 spiro atoms. The molecule has 0 aromatic heterocycles. The average molecular weight is 339 g/mol. The normalized spacial score (nSPS) is 12.4. The second-order valence-corrected chi connectivity index (χ2v) is 8.07. The third kappa shape index (κ3) is 5.71. The molecule has 0 saturated carbocycles. The highest BCUT2D eigenvalue weighted by Gasteiger charge is 2.32. The van der Waals surface area contributed by atoms with Crippen molar-refractivity contribution in [3.8, 4) is 0 Å². The molecule has 23 heavy (non-hydrogen) atoms. The molecular formula is C17H25NO4S. The molecule has 0 N–H and O–H groups in total. The first-order valence-corrected chi connectivity index (χ1v) is 8.99. The number of sulfonamides is 1. The van der Waals surface area contributed by atoms with Crippen LogP contribution in [0.1, 0.15) is 39.7 Å². The van der Waals surface area contributed by atoms with E-state index in [1.807, 2.05) is 19.9 Å². The summed E-state index contributed by atoms with van der Waals surface area (Å²) in [7, 11) is -3.96. The zero-order valence-electron chi connectivity index (χ0n) is 14.4.